The minimum Gasteiger partial charge on any atom is -0.302 e. The van der Waals surface area contributed by atoms with Gasteiger partial charge in [0.15, 0.2) is 11.1 Å². The van der Waals surface area contributed by atoms with Crippen LogP contribution >= 0.6 is 0 Å². The third-order valence-electron chi connectivity index (χ3n) is 0.149. The molecule has 0 aliphatic heterocycles. The van der Waals surface area contributed by atoms with Gasteiger partial charge in [-0.1, -0.05) is 0 Å². The summed E-state index contributed by atoms with van der Waals surface area (Å²) < 4.78 is 17.1. The van der Waals surface area contributed by atoms with Gasteiger partial charge in [0.25, 0.3) is 0 Å². The van der Waals surface area contributed by atoms with Gasteiger partial charge in [-0.05, 0) is 0 Å². The van der Waals surface area contributed by atoms with Gasteiger partial charge in [0.1, 0.15) is 11.3 Å². The summed E-state index contributed by atoms with van der Waals surface area (Å²) >= 11 is -2.11. The lowest BCUT2D eigenvalue weighted by Gasteiger charge is -1.63. The maximum absolute atomic E-state index is 9.39. The third kappa shape index (κ3) is 3.56. The zero-order chi connectivity index (χ0) is 4.99. The highest BCUT2D eigenvalue weighted by molar-refractivity contribution is 7.82. The molecule has 6 heavy (non-hydrogen) atoms. The summed E-state index contributed by atoms with van der Waals surface area (Å²) in [6, 6.07) is 0. The molecule has 4 heteroatoms. The van der Waals surface area contributed by atoms with E-state index < -0.39 is 11.1 Å². The zero-order valence-corrected chi connectivity index (χ0v) is 3.57. The smallest absolute Gasteiger partial charge is 0.190 e. The SMILES string of the molecule is O=C=CS(=O)O. The molecule has 0 aromatic heterocycles. The van der Waals surface area contributed by atoms with E-state index in [1.54, 1.807) is 0 Å². The Morgan fingerprint density at radius 3 is 2.33 bits per heavy atom. The maximum Gasteiger partial charge on any atom is 0.190 e. The van der Waals surface area contributed by atoms with Crippen molar-refractivity contribution < 1.29 is 13.6 Å². The Balaban J connectivity index is 3.60. The van der Waals surface area contributed by atoms with Crippen molar-refractivity contribution in [2.24, 2.45) is 0 Å². The molecular weight excluding hydrogens is 104 g/mol. The van der Waals surface area contributed by atoms with Gasteiger partial charge in [0.05, 0.1) is 0 Å². The Morgan fingerprint density at radius 1 is 1.83 bits per heavy atom. The lowest BCUT2D eigenvalue weighted by Crippen LogP contribution is -1.74. The second kappa shape index (κ2) is 2.78. The molecule has 1 atom stereocenters. The molecule has 0 heterocycles. The molecule has 34 valence electrons. The van der Waals surface area contributed by atoms with E-state index >= 15 is 0 Å². The summed E-state index contributed by atoms with van der Waals surface area (Å²) in [5.74, 6) is 1.14. The van der Waals surface area contributed by atoms with Crippen LogP contribution in [0.3, 0.4) is 0 Å². The fourth-order valence-electron chi connectivity index (χ4n) is 0.0412. The van der Waals surface area contributed by atoms with Crippen LogP contribution in [-0.4, -0.2) is 14.7 Å². The second-order valence-electron chi connectivity index (χ2n) is 0.512. The molecule has 0 saturated heterocycles. The van der Waals surface area contributed by atoms with Crippen LogP contribution in [0.1, 0.15) is 0 Å². The topological polar surface area (TPSA) is 54.4 Å². The van der Waals surface area contributed by atoms with Gasteiger partial charge in [-0.3, -0.25) is 0 Å². The van der Waals surface area contributed by atoms with E-state index in [9.17, 15) is 4.21 Å². The number of hydrogen-bond acceptors (Lipinski definition) is 2. The largest absolute Gasteiger partial charge is 0.302 e. The Labute approximate surface area is 37.0 Å². The molecule has 0 saturated carbocycles. The third-order valence-corrected chi connectivity index (χ3v) is 0.447. The molecule has 0 radical (unpaired) electrons. The van der Waals surface area contributed by atoms with E-state index in [2.05, 4.69) is 0 Å². The minimum atomic E-state index is -2.11. The molecule has 1 N–H and O–H groups in total. The number of carbonyl (C=O) groups excluding carboxylic acids is 1. The molecule has 0 fully saturated rings. The summed E-state index contributed by atoms with van der Waals surface area (Å²) in [6.07, 6.45) is 0. The average Bonchev–Trinajstić information content (AvgIpc) is 1.35. The first-order chi connectivity index (χ1) is 2.77. The van der Waals surface area contributed by atoms with Gasteiger partial charge >= 0.3 is 0 Å². The van der Waals surface area contributed by atoms with E-state index in [-0.39, 0.29) is 0 Å². The lowest BCUT2D eigenvalue weighted by molar-refractivity contribution is 0.565. The Kier molecular flexibility index (Phi) is 2.58. The van der Waals surface area contributed by atoms with E-state index in [1.807, 2.05) is 0 Å². The van der Waals surface area contributed by atoms with Gasteiger partial charge in [0.2, 0.25) is 0 Å². The molecule has 0 aliphatic carbocycles. The first kappa shape index (κ1) is 5.56. The quantitative estimate of drug-likeness (QED) is 0.364. The van der Waals surface area contributed by atoms with Crippen LogP contribution < -0.4 is 0 Å². The van der Waals surface area contributed by atoms with Crippen molar-refractivity contribution in [3.05, 3.63) is 5.41 Å². The van der Waals surface area contributed by atoms with Crippen LogP contribution in [0, 0.1) is 0 Å². The second-order valence-corrected chi connectivity index (χ2v) is 1.30. The predicted octanol–water partition coefficient (Wildman–Crippen LogP) is -0.447. The van der Waals surface area contributed by atoms with Crippen LogP contribution in [-0.2, 0) is 15.9 Å². The van der Waals surface area contributed by atoms with Crippen molar-refractivity contribution >= 4 is 17.0 Å². The molecule has 3 nitrogen and oxygen atoms in total. The number of hydrogen-bond donors (Lipinski definition) is 1. The molecule has 0 rings (SSSR count). The monoisotopic (exact) mass is 106 g/mol. The van der Waals surface area contributed by atoms with E-state index in [0.717, 1.165) is 5.94 Å². The van der Waals surface area contributed by atoms with Crippen LogP contribution in [0.15, 0.2) is 5.41 Å². The van der Waals surface area contributed by atoms with Crippen molar-refractivity contribution in [2.75, 3.05) is 0 Å². The van der Waals surface area contributed by atoms with Gasteiger partial charge in [-0.15, -0.1) is 0 Å². The summed E-state index contributed by atoms with van der Waals surface area (Å²) in [5.41, 5.74) is 0. The Bertz CT molecular complexity index is 101. The zero-order valence-electron chi connectivity index (χ0n) is 2.75. The fourth-order valence-corrected chi connectivity index (χ4v) is 0.123. The molecule has 0 aromatic carbocycles. The Morgan fingerprint density at radius 2 is 2.33 bits per heavy atom. The minimum absolute atomic E-state index is 0.514. The van der Waals surface area contributed by atoms with Crippen molar-refractivity contribution in [1.82, 2.24) is 0 Å². The maximum atomic E-state index is 9.39. The fraction of sp³-hybridized carbons (Fsp3) is 0. The summed E-state index contributed by atoms with van der Waals surface area (Å²) in [7, 11) is 0. The van der Waals surface area contributed by atoms with Crippen LogP contribution in [0.2, 0.25) is 0 Å². The van der Waals surface area contributed by atoms with Gasteiger partial charge in [-0.2, -0.15) is 0 Å². The standard InChI is InChI=1S/C2H2O3S/c3-1-2-6(4)5/h2H,(H,4,5). The van der Waals surface area contributed by atoms with Gasteiger partial charge in [0, 0.05) is 0 Å². The highest BCUT2D eigenvalue weighted by Crippen LogP contribution is 1.63. The van der Waals surface area contributed by atoms with Crippen molar-refractivity contribution in [3.63, 3.8) is 0 Å². The molecule has 0 bridgehead atoms. The highest BCUT2D eigenvalue weighted by atomic mass is 32.2. The molecule has 0 spiro atoms. The van der Waals surface area contributed by atoms with Crippen LogP contribution in [0.5, 0.6) is 0 Å². The summed E-state index contributed by atoms with van der Waals surface area (Å²) in [4.78, 5) is 9.08. The van der Waals surface area contributed by atoms with Gasteiger partial charge in [-0.25, -0.2) is 9.00 Å². The van der Waals surface area contributed by atoms with Crippen molar-refractivity contribution in [3.8, 4) is 0 Å². The first-order valence-electron chi connectivity index (χ1n) is 1.08. The highest BCUT2D eigenvalue weighted by Gasteiger charge is 1.74. The summed E-state index contributed by atoms with van der Waals surface area (Å²) in [5, 5.41) is 0.514. The molecule has 0 aliphatic rings. The van der Waals surface area contributed by atoms with Gasteiger partial charge < -0.3 is 4.55 Å². The average molecular weight is 106 g/mol. The van der Waals surface area contributed by atoms with Crippen LogP contribution in [0.4, 0.5) is 0 Å². The lowest BCUT2D eigenvalue weighted by atomic mass is 11.2. The number of rotatable bonds is 1. The summed E-state index contributed by atoms with van der Waals surface area (Å²) in [6.45, 7) is 0. The van der Waals surface area contributed by atoms with E-state index in [4.69, 9.17) is 9.35 Å². The molecule has 0 amide bonds. The molecular formula is C2H2O3S. The van der Waals surface area contributed by atoms with Crippen LogP contribution in [0.25, 0.3) is 0 Å². The normalized spacial score (nSPS) is 12.2. The predicted molar refractivity (Wildman–Crippen MR) is 21.0 cm³/mol. The molecule has 1 unspecified atom stereocenters. The first-order valence-corrected chi connectivity index (χ1v) is 2.25. The van der Waals surface area contributed by atoms with Crippen molar-refractivity contribution in [1.29, 1.82) is 0 Å². The van der Waals surface area contributed by atoms with Crippen molar-refractivity contribution in [2.45, 2.75) is 0 Å². The van der Waals surface area contributed by atoms with E-state index in [1.165, 1.54) is 0 Å². The van der Waals surface area contributed by atoms with E-state index in [0.29, 0.717) is 5.41 Å². The Hall–Kier alpha value is -0.440. The molecule has 0 aromatic rings.